The number of hydrogen-bond acceptors (Lipinski definition) is 6. The maximum Gasteiger partial charge on any atom is 0.271 e. The SMILES string of the molecule is CCN(CC)C(=O)C1=C(C)N=c2s/c(=C/c3ccc(-c4ccc(Cl)cc4Cl)o3)c(=O)n2[C@@H]1c1ccccc1OC. The molecule has 0 saturated heterocycles. The highest BCUT2D eigenvalue weighted by Gasteiger charge is 2.35. The fourth-order valence-electron chi connectivity index (χ4n) is 4.86. The average Bonchev–Trinajstić information content (AvgIpc) is 3.52. The monoisotopic (exact) mass is 595 g/mol. The van der Waals surface area contributed by atoms with Gasteiger partial charge in [0.1, 0.15) is 23.3 Å². The van der Waals surface area contributed by atoms with Gasteiger partial charge in [-0.25, -0.2) is 4.99 Å². The first-order chi connectivity index (χ1) is 19.3. The van der Waals surface area contributed by atoms with Crippen LogP contribution in [0.3, 0.4) is 0 Å². The van der Waals surface area contributed by atoms with Crippen molar-refractivity contribution in [1.29, 1.82) is 0 Å². The van der Waals surface area contributed by atoms with Crippen LogP contribution in [0.1, 0.15) is 38.1 Å². The van der Waals surface area contributed by atoms with E-state index in [1.54, 1.807) is 53.0 Å². The lowest BCUT2D eigenvalue weighted by molar-refractivity contribution is -0.127. The van der Waals surface area contributed by atoms with Crippen LogP contribution < -0.4 is 19.6 Å². The van der Waals surface area contributed by atoms with E-state index in [0.717, 1.165) is 0 Å². The van der Waals surface area contributed by atoms with E-state index in [-0.39, 0.29) is 11.5 Å². The fraction of sp³-hybridized carbons (Fsp3) is 0.233. The van der Waals surface area contributed by atoms with Gasteiger partial charge in [-0.2, -0.15) is 0 Å². The zero-order valence-electron chi connectivity index (χ0n) is 22.4. The summed E-state index contributed by atoms with van der Waals surface area (Å²) in [7, 11) is 1.58. The van der Waals surface area contributed by atoms with Crippen molar-refractivity contribution < 1.29 is 13.9 Å². The van der Waals surface area contributed by atoms with Crippen molar-refractivity contribution in [1.82, 2.24) is 9.47 Å². The molecule has 2 aromatic heterocycles. The molecule has 0 fully saturated rings. The van der Waals surface area contributed by atoms with E-state index in [1.165, 1.54) is 11.3 Å². The first-order valence-corrected chi connectivity index (χ1v) is 14.3. The molecule has 1 aliphatic heterocycles. The van der Waals surface area contributed by atoms with Gasteiger partial charge in [0.2, 0.25) is 0 Å². The van der Waals surface area contributed by atoms with Crippen molar-refractivity contribution in [2.75, 3.05) is 20.2 Å². The number of methoxy groups -OCH3 is 1. The molecular formula is C30H27Cl2N3O4S. The quantitative estimate of drug-likeness (QED) is 0.275. The van der Waals surface area contributed by atoms with Crippen LogP contribution in [-0.4, -0.2) is 35.6 Å². The van der Waals surface area contributed by atoms with Gasteiger partial charge in [0.25, 0.3) is 11.5 Å². The van der Waals surface area contributed by atoms with Crippen molar-refractivity contribution in [3.05, 3.63) is 107 Å². The number of fused-ring (bicyclic) bond motifs is 1. The Hall–Kier alpha value is -3.59. The number of carbonyl (C=O) groups is 1. The van der Waals surface area contributed by atoms with Crippen molar-refractivity contribution in [3.8, 4) is 17.1 Å². The molecule has 0 spiro atoms. The molecule has 1 atom stereocenters. The molecular weight excluding hydrogens is 569 g/mol. The molecule has 0 aliphatic carbocycles. The average molecular weight is 597 g/mol. The largest absolute Gasteiger partial charge is 0.496 e. The summed E-state index contributed by atoms with van der Waals surface area (Å²) >= 11 is 13.6. The van der Waals surface area contributed by atoms with Gasteiger partial charge in [0.05, 0.1) is 27.9 Å². The molecule has 1 amide bonds. The van der Waals surface area contributed by atoms with E-state index in [4.69, 9.17) is 37.3 Å². The number of ether oxygens (including phenoxy) is 1. The minimum atomic E-state index is -0.706. The highest BCUT2D eigenvalue weighted by atomic mass is 35.5. The first kappa shape index (κ1) is 28.0. The predicted molar refractivity (Wildman–Crippen MR) is 159 cm³/mol. The lowest BCUT2D eigenvalue weighted by atomic mass is 9.94. The molecule has 3 heterocycles. The normalized spacial score (nSPS) is 15.2. The Kier molecular flexibility index (Phi) is 8.03. The van der Waals surface area contributed by atoms with Gasteiger partial charge in [-0.15, -0.1) is 0 Å². The number of allylic oxidation sites excluding steroid dienone is 1. The number of aromatic nitrogens is 1. The maximum atomic E-state index is 14.0. The van der Waals surface area contributed by atoms with Crippen LogP contribution in [0, 0.1) is 0 Å². The second kappa shape index (κ2) is 11.5. The van der Waals surface area contributed by atoms with Crippen molar-refractivity contribution in [2.24, 2.45) is 4.99 Å². The zero-order valence-corrected chi connectivity index (χ0v) is 24.7. The van der Waals surface area contributed by atoms with E-state index >= 15 is 0 Å². The summed E-state index contributed by atoms with van der Waals surface area (Å²) in [5.41, 5.74) is 2.14. The molecule has 1 aliphatic rings. The molecule has 4 aromatic rings. The highest BCUT2D eigenvalue weighted by molar-refractivity contribution is 7.07. The number of halogens is 2. The highest BCUT2D eigenvalue weighted by Crippen LogP contribution is 2.36. The summed E-state index contributed by atoms with van der Waals surface area (Å²) in [5, 5.41) is 0.992. The maximum absolute atomic E-state index is 14.0. The number of nitrogens with zero attached hydrogens (tertiary/aromatic N) is 3. The summed E-state index contributed by atoms with van der Waals surface area (Å²) in [6, 6.07) is 15.5. The van der Waals surface area contributed by atoms with Crippen LogP contribution in [0.15, 0.2) is 80.1 Å². The van der Waals surface area contributed by atoms with E-state index < -0.39 is 6.04 Å². The van der Waals surface area contributed by atoms with Gasteiger partial charge >= 0.3 is 0 Å². The number of rotatable bonds is 7. The van der Waals surface area contributed by atoms with Crippen molar-refractivity contribution >= 4 is 46.5 Å². The second-order valence-corrected chi connectivity index (χ2v) is 11.0. The van der Waals surface area contributed by atoms with Crippen LogP contribution in [-0.2, 0) is 4.79 Å². The molecule has 40 heavy (non-hydrogen) atoms. The van der Waals surface area contributed by atoms with E-state index in [1.807, 2.05) is 45.0 Å². The summed E-state index contributed by atoms with van der Waals surface area (Å²) in [6.07, 6.45) is 1.68. The van der Waals surface area contributed by atoms with E-state index in [0.29, 0.717) is 72.1 Å². The Balaban J connectivity index is 1.67. The number of hydrogen-bond donors (Lipinski definition) is 0. The van der Waals surface area contributed by atoms with Gasteiger partial charge in [-0.3, -0.25) is 14.2 Å². The Bertz CT molecular complexity index is 1810. The number of amides is 1. The minimum absolute atomic E-state index is 0.160. The van der Waals surface area contributed by atoms with Crippen molar-refractivity contribution in [3.63, 3.8) is 0 Å². The number of thiazole rings is 1. The molecule has 10 heteroatoms. The van der Waals surface area contributed by atoms with Crippen LogP contribution in [0.2, 0.25) is 10.0 Å². The first-order valence-electron chi connectivity index (χ1n) is 12.8. The van der Waals surface area contributed by atoms with Gasteiger partial charge in [-0.05, 0) is 57.2 Å². The second-order valence-electron chi connectivity index (χ2n) is 9.13. The molecule has 0 saturated carbocycles. The molecule has 5 rings (SSSR count). The number of carbonyl (C=O) groups excluding carboxylic acids is 1. The molecule has 0 unspecified atom stereocenters. The number of para-hydroxylation sites is 1. The van der Waals surface area contributed by atoms with Gasteiger partial charge < -0.3 is 14.1 Å². The van der Waals surface area contributed by atoms with Crippen LogP contribution in [0.25, 0.3) is 17.4 Å². The third kappa shape index (κ3) is 5.03. The van der Waals surface area contributed by atoms with Gasteiger partial charge in [-0.1, -0.05) is 52.7 Å². The predicted octanol–water partition coefficient (Wildman–Crippen LogP) is 5.68. The molecule has 206 valence electrons. The Labute approximate surface area is 245 Å². The summed E-state index contributed by atoms with van der Waals surface area (Å²) in [6.45, 7) is 6.74. The molecule has 0 bridgehead atoms. The number of furan rings is 1. The molecule has 0 radical (unpaired) electrons. The smallest absolute Gasteiger partial charge is 0.271 e. The Morgan fingerprint density at radius 2 is 1.90 bits per heavy atom. The third-order valence-electron chi connectivity index (χ3n) is 6.83. The summed E-state index contributed by atoms with van der Waals surface area (Å²) in [4.78, 5) is 34.7. The third-order valence-corrected chi connectivity index (χ3v) is 8.36. The zero-order chi connectivity index (χ0) is 28.6. The number of likely N-dealkylation sites (N-methyl/N-ethyl adjacent to an activating group) is 1. The molecule has 0 N–H and O–H groups in total. The lowest BCUT2D eigenvalue weighted by Crippen LogP contribution is -2.43. The van der Waals surface area contributed by atoms with E-state index in [2.05, 4.69) is 0 Å². The number of benzene rings is 2. The van der Waals surface area contributed by atoms with Crippen LogP contribution >= 0.6 is 34.5 Å². The standard InChI is InChI=1S/C30H27Cl2N3O4S/c1-5-34(6-2)29(37)26-17(3)33-30-35(27(26)21-9-7-8-10-23(21)38-4)28(36)25(40-30)16-19-12-14-24(39-19)20-13-11-18(31)15-22(20)32/h7-16,27H,5-6H2,1-4H3/b25-16+/t27-/m1/s1. The van der Waals surface area contributed by atoms with Gasteiger partial charge in [0.15, 0.2) is 4.80 Å². The van der Waals surface area contributed by atoms with Crippen LogP contribution in [0.5, 0.6) is 5.75 Å². The van der Waals surface area contributed by atoms with Crippen molar-refractivity contribution in [2.45, 2.75) is 26.8 Å². The van der Waals surface area contributed by atoms with E-state index in [9.17, 15) is 9.59 Å². The topological polar surface area (TPSA) is 77.0 Å². The Morgan fingerprint density at radius 3 is 2.60 bits per heavy atom. The lowest BCUT2D eigenvalue weighted by Gasteiger charge is -2.29. The molecule has 2 aromatic carbocycles. The molecule has 7 nitrogen and oxygen atoms in total. The Morgan fingerprint density at radius 1 is 1.15 bits per heavy atom. The van der Waals surface area contributed by atoms with Gasteiger partial charge in [0, 0.05) is 35.3 Å². The summed E-state index contributed by atoms with van der Waals surface area (Å²) < 4.78 is 13.7. The minimum Gasteiger partial charge on any atom is -0.496 e. The fourth-order valence-corrected chi connectivity index (χ4v) is 6.38. The summed E-state index contributed by atoms with van der Waals surface area (Å²) in [5.74, 6) is 1.45. The van der Waals surface area contributed by atoms with Crippen LogP contribution in [0.4, 0.5) is 0 Å².